The summed E-state index contributed by atoms with van der Waals surface area (Å²) in [5.74, 6) is 0.917. The second-order valence-electron chi connectivity index (χ2n) is 4.70. The molecule has 0 amide bonds. The van der Waals surface area contributed by atoms with E-state index in [0.717, 1.165) is 24.3 Å². The topological polar surface area (TPSA) is 30.5 Å². The fraction of sp³-hybridized carbons (Fsp3) is 0.600. The summed E-state index contributed by atoms with van der Waals surface area (Å²) in [4.78, 5) is 0. The van der Waals surface area contributed by atoms with Crippen molar-refractivity contribution < 1.29 is 9.47 Å². The first-order valence-corrected chi connectivity index (χ1v) is 6.63. The molecule has 0 aliphatic carbocycles. The minimum atomic E-state index is 0.205. The maximum absolute atomic E-state index is 5.92. The standard InChI is InChI=1S/C15H25NO2/c1-5-16-12(2)9-13(3)18-15-8-6-7-14(10-15)11-17-4/h6-8,10,12-13,16H,5,9,11H2,1-4H3. The average Bonchev–Trinajstić information content (AvgIpc) is 2.29. The van der Waals surface area contributed by atoms with Crippen molar-refractivity contribution >= 4 is 0 Å². The molecule has 0 spiro atoms. The Morgan fingerprint density at radius 1 is 1.28 bits per heavy atom. The van der Waals surface area contributed by atoms with E-state index >= 15 is 0 Å². The van der Waals surface area contributed by atoms with Gasteiger partial charge in [0.25, 0.3) is 0 Å². The van der Waals surface area contributed by atoms with Gasteiger partial charge in [-0.3, -0.25) is 0 Å². The van der Waals surface area contributed by atoms with Gasteiger partial charge in [-0.25, -0.2) is 0 Å². The molecule has 102 valence electrons. The van der Waals surface area contributed by atoms with Gasteiger partial charge in [0.1, 0.15) is 5.75 Å². The Morgan fingerprint density at radius 2 is 2.06 bits per heavy atom. The fourth-order valence-corrected chi connectivity index (χ4v) is 2.09. The summed E-state index contributed by atoms with van der Waals surface area (Å²) in [5, 5.41) is 3.39. The lowest BCUT2D eigenvalue weighted by atomic mass is 10.1. The summed E-state index contributed by atoms with van der Waals surface area (Å²) in [6, 6.07) is 8.56. The second-order valence-corrected chi connectivity index (χ2v) is 4.70. The lowest BCUT2D eigenvalue weighted by Gasteiger charge is -2.19. The summed E-state index contributed by atoms with van der Waals surface area (Å²) in [5.41, 5.74) is 1.14. The number of hydrogen-bond acceptors (Lipinski definition) is 3. The van der Waals surface area contributed by atoms with E-state index in [0.29, 0.717) is 12.6 Å². The van der Waals surface area contributed by atoms with Crippen LogP contribution < -0.4 is 10.1 Å². The first kappa shape index (κ1) is 15.0. The molecule has 0 fully saturated rings. The maximum atomic E-state index is 5.92. The van der Waals surface area contributed by atoms with Gasteiger partial charge in [-0.2, -0.15) is 0 Å². The molecule has 3 nitrogen and oxygen atoms in total. The van der Waals surface area contributed by atoms with E-state index in [1.54, 1.807) is 7.11 Å². The zero-order chi connectivity index (χ0) is 13.4. The molecule has 1 rings (SSSR count). The van der Waals surface area contributed by atoms with Crippen molar-refractivity contribution in [1.82, 2.24) is 5.32 Å². The monoisotopic (exact) mass is 251 g/mol. The molecule has 1 N–H and O–H groups in total. The fourth-order valence-electron chi connectivity index (χ4n) is 2.09. The van der Waals surface area contributed by atoms with Gasteiger partial charge < -0.3 is 14.8 Å². The molecule has 0 heterocycles. The zero-order valence-corrected chi connectivity index (χ0v) is 11.9. The van der Waals surface area contributed by atoms with Gasteiger partial charge >= 0.3 is 0 Å². The smallest absolute Gasteiger partial charge is 0.120 e. The minimum Gasteiger partial charge on any atom is -0.491 e. The predicted octanol–water partition coefficient (Wildman–Crippen LogP) is 2.99. The Bertz CT molecular complexity index is 341. The van der Waals surface area contributed by atoms with Crippen LogP contribution in [0, 0.1) is 0 Å². The number of methoxy groups -OCH3 is 1. The van der Waals surface area contributed by atoms with Crippen molar-refractivity contribution in [3.8, 4) is 5.75 Å². The van der Waals surface area contributed by atoms with Crippen molar-refractivity contribution in [2.45, 2.75) is 45.9 Å². The van der Waals surface area contributed by atoms with Crippen LogP contribution in [0.25, 0.3) is 0 Å². The highest BCUT2D eigenvalue weighted by Crippen LogP contribution is 2.17. The summed E-state index contributed by atoms with van der Waals surface area (Å²) >= 11 is 0. The number of rotatable bonds is 8. The van der Waals surface area contributed by atoms with E-state index in [2.05, 4.69) is 26.1 Å². The molecule has 0 aromatic heterocycles. The molecular weight excluding hydrogens is 226 g/mol. The van der Waals surface area contributed by atoms with Crippen molar-refractivity contribution in [2.24, 2.45) is 0 Å². The molecule has 2 atom stereocenters. The summed E-state index contributed by atoms with van der Waals surface area (Å²) < 4.78 is 11.0. The summed E-state index contributed by atoms with van der Waals surface area (Å²) in [6.45, 7) is 8.04. The van der Waals surface area contributed by atoms with Gasteiger partial charge in [0.15, 0.2) is 0 Å². The molecule has 0 radical (unpaired) electrons. The van der Waals surface area contributed by atoms with Gasteiger partial charge in [-0.15, -0.1) is 0 Å². The summed E-state index contributed by atoms with van der Waals surface area (Å²) in [7, 11) is 1.70. The van der Waals surface area contributed by atoms with Gasteiger partial charge in [0.2, 0.25) is 0 Å². The Hall–Kier alpha value is -1.06. The van der Waals surface area contributed by atoms with Crippen LogP contribution in [0.1, 0.15) is 32.8 Å². The number of benzene rings is 1. The van der Waals surface area contributed by atoms with Crippen LogP contribution in [0.2, 0.25) is 0 Å². The van der Waals surface area contributed by atoms with Crippen molar-refractivity contribution in [3.05, 3.63) is 29.8 Å². The highest BCUT2D eigenvalue weighted by molar-refractivity contribution is 5.28. The quantitative estimate of drug-likeness (QED) is 0.770. The third-order valence-electron chi connectivity index (χ3n) is 2.78. The third kappa shape index (κ3) is 5.52. The molecule has 3 heteroatoms. The maximum Gasteiger partial charge on any atom is 0.120 e. The van der Waals surface area contributed by atoms with Crippen LogP contribution in [-0.2, 0) is 11.3 Å². The van der Waals surface area contributed by atoms with Gasteiger partial charge in [-0.1, -0.05) is 19.1 Å². The lowest BCUT2D eigenvalue weighted by molar-refractivity contribution is 0.181. The SMILES string of the molecule is CCNC(C)CC(C)Oc1cccc(COC)c1. The minimum absolute atomic E-state index is 0.205. The Morgan fingerprint density at radius 3 is 2.72 bits per heavy atom. The van der Waals surface area contributed by atoms with E-state index in [4.69, 9.17) is 9.47 Å². The number of nitrogens with one attached hydrogen (secondary N) is 1. The van der Waals surface area contributed by atoms with Gasteiger partial charge in [0.05, 0.1) is 12.7 Å². The first-order valence-electron chi connectivity index (χ1n) is 6.63. The molecule has 0 aliphatic heterocycles. The zero-order valence-electron chi connectivity index (χ0n) is 11.9. The highest BCUT2D eigenvalue weighted by atomic mass is 16.5. The third-order valence-corrected chi connectivity index (χ3v) is 2.78. The normalized spacial score (nSPS) is 14.2. The van der Waals surface area contributed by atoms with E-state index in [1.165, 1.54) is 0 Å². The molecule has 0 saturated heterocycles. The molecule has 0 bridgehead atoms. The van der Waals surface area contributed by atoms with E-state index in [9.17, 15) is 0 Å². The molecule has 2 unspecified atom stereocenters. The highest BCUT2D eigenvalue weighted by Gasteiger charge is 2.09. The number of hydrogen-bond donors (Lipinski definition) is 1. The van der Waals surface area contributed by atoms with Crippen LogP contribution in [0.5, 0.6) is 5.75 Å². The molecular formula is C15H25NO2. The van der Waals surface area contributed by atoms with E-state index in [1.807, 2.05) is 24.3 Å². The molecule has 1 aromatic carbocycles. The van der Waals surface area contributed by atoms with Crippen LogP contribution in [-0.4, -0.2) is 25.8 Å². The summed E-state index contributed by atoms with van der Waals surface area (Å²) in [6.07, 6.45) is 1.21. The van der Waals surface area contributed by atoms with Crippen LogP contribution >= 0.6 is 0 Å². The van der Waals surface area contributed by atoms with Crippen molar-refractivity contribution in [3.63, 3.8) is 0 Å². The Balaban J connectivity index is 2.47. The van der Waals surface area contributed by atoms with Crippen LogP contribution in [0.3, 0.4) is 0 Å². The molecule has 1 aromatic rings. The van der Waals surface area contributed by atoms with Gasteiger partial charge in [0, 0.05) is 13.2 Å². The largest absolute Gasteiger partial charge is 0.491 e. The average molecular weight is 251 g/mol. The van der Waals surface area contributed by atoms with Crippen LogP contribution in [0.4, 0.5) is 0 Å². The van der Waals surface area contributed by atoms with E-state index < -0.39 is 0 Å². The lowest BCUT2D eigenvalue weighted by Crippen LogP contribution is -2.30. The van der Waals surface area contributed by atoms with Crippen molar-refractivity contribution in [1.29, 1.82) is 0 Å². The van der Waals surface area contributed by atoms with Crippen LogP contribution in [0.15, 0.2) is 24.3 Å². The molecule has 0 aliphatic rings. The first-order chi connectivity index (χ1) is 8.65. The van der Waals surface area contributed by atoms with Crippen molar-refractivity contribution in [2.75, 3.05) is 13.7 Å². The van der Waals surface area contributed by atoms with E-state index in [-0.39, 0.29) is 6.10 Å². The van der Waals surface area contributed by atoms with Gasteiger partial charge in [-0.05, 0) is 44.5 Å². The second kappa shape index (κ2) is 8.11. The Kier molecular flexibility index (Phi) is 6.76. The molecule has 0 saturated carbocycles. The predicted molar refractivity (Wildman–Crippen MR) is 75.0 cm³/mol. The molecule has 18 heavy (non-hydrogen) atoms. The Labute approximate surface area is 110 Å². The number of ether oxygens (including phenoxy) is 2.